The first-order chi connectivity index (χ1) is 21.8. The molecule has 0 saturated heterocycles. The average Bonchev–Trinajstić information content (AvgIpc) is 3.09. The van der Waals surface area contributed by atoms with Crippen molar-refractivity contribution in [2.45, 2.75) is 38.0 Å². The van der Waals surface area contributed by atoms with Gasteiger partial charge >= 0.3 is 0 Å². The van der Waals surface area contributed by atoms with Gasteiger partial charge in [-0.25, -0.2) is 0 Å². The van der Waals surface area contributed by atoms with Gasteiger partial charge in [-0.2, -0.15) is 0 Å². The van der Waals surface area contributed by atoms with Gasteiger partial charge in [-0.3, -0.25) is 0 Å². The first-order valence-electron chi connectivity index (χ1n) is 16.0. The van der Waals surface area contributed by atoms with E-state index in [-0.39, 0.29) is 0 Å². The van der Waals surface area contributed by atoms with Crippen LogP contribution in [0.3, 0.4) is 0 Å². The lowest BCUT2D eigenvalue weighted by Gasteiger charge is -2.41. The maximum Gasteiger partial charge on any atom is 0.0709 e. The van der Waals surface area contributed by atoms with Crippen molar-refractivity contribution in [3.8, 4) is 0 Å². The SMILES string of the molecule is c1ccc2cc(N3c4ccc(C5CCCCC5)cc4N(c4ccc5ccccc5c4)c4cc5ccccc5cc43)ccc2c1. The number of rotatable bonds is 3. The van der Waals surface area contributed by atoms with E-state index in [2.05, 4.69) is 149 Å². The molecule has 2 nitrogen and oxygen atoms in total. The smallest absolute Gasteiger partial charge is 0.0709 e. The molecule has 212 valence electrons. The van der Waals surface area contributed by atoms with Crippen molar-refractivity contribution >= 4 is 66.4 Å². The normalized spacial score (nSPS) is 15.1. The summed E-state index contributed by atoms with van der Waals surface area (Å²) in [6, 6.07) is 52.0. The zero-order valence-corrected chi connectivity index (χ0v) is 24.8. The van der Waals surface area contributed by atoms with Crippen LogP contribution in [0.2, 0.25) is 0 Å². The summed E-state index contributed by atoms with van der Waals surface area (Å²) in [5.74, 6) is 0.625. The molecular formula is C42H34N2. The third-order valence-electron chi connectivity index (χ3n) is 9.87. The van der Waals surface area contributed by atoms with Crippen molar-refractivity contribution < 1.29 is 0 Å². The lowest BCUT2D eigenvalue weighted by atomic mass is 9.83. The highest BCUT2D eigenvalue weighted by Crippen LogP contribution is 2.56. The van der Waals surface area contributed by atoms with Crippen molar-refractivity contribution in [3.63, 3.8) is 0 Å². The molecule has 0 radical (unpaired) electrons. The van der Waals surface area contributed by atoms with E-state index in [0.717, 1.165) is 0 Å². The van der Waals surface area contributed by atoms with E-state index in [4.69, 9.17) is 0 Å². The molecule has 1 saturated carbocycles. The number of anilines is 6. The van der Waals surface area contributed by atoms with Gasteiger partial charge in [0, 0.05) is 11.4 Å². The second-order valence-electron chi connectivity index (χ2n) is 12.5. The molecule has 2 aliphatic rings. The van der Waals surface area contributed by atoms with Crippen LogP contribution in [-0.4, -0.2) is 0 Å². The molecule has 7 aromatic rings. The van der Waals surface area contributed by atoms with Gasteiger partial charge in [0.2, 0.25) is 0 Å². The van der Waals surface area contributed by atoms with Crippen LogP contribution < -0.4 is 9.80 Å². The van der Waals surface area contributed by atoms with Crippen LogP contribution in [0.25, 0.3) is 32.3 Å². The fraction of sp³-hybridized carbons (Fsp3) is 0.143. The Bertz CT molecular complexity index is 2190. The van der Waals surface area contributed by atoms with E-state index in [1.165, 1.54) is 104 Å². The van der Waals surface area contributed by atoms with E-state index in [0.29, 0.717) is 5.92 Å². The standard InChI is InChI=1S/C42H34N2/c1-2-10-29(11-3-1)36-20-23-39-40(28-36)44(38-22-19-31-13-5-7-15-33(31)25-38)42-27-35-17-9-8-16-34(35)26-41(42)43(39)37-21-18-30-12-4-6-14-32(30)24-37/h4-9,12-29H,1-3,10-11H2. The molecular weight excluding hydrogens is 532 g/mol. The monoisotopic (exact) mass is 566 g/mol. The van der Waals surface area contributed by atoms with E-state index in [1.54, 1.807) is 0 Å². The predicted octanol–water partition coefficient (Wildman–Crippen LogP) is 12.4. The van der Waals surface area contributed by atoms with Gasteiger partial charge in [0.05, 0.1) is 22.7 Å². The second-order valence-corrected chi connectivity index (χ2v) is 12.5. The number of nitrogens with zero attached hydrogens (tertiary/aromatic N) is 2. The summed E-state index contributed by atoms with van der Waals surface area (Å²) in [6.07, 6.45) is 6.58. The van der Waals surface area contributed by atoms with E-state index in [1.807, 2.05) is 0 Å². The summed E-state index contributed by atoms with van der Waals surface area (Å²) >= 11 is 0. The summed E-state index contributed by atoms with van der Waals surface area (Å²) in [6.45, 7) is 0. The highest BCUT2D eigenvalue weighted by atomic mass is 15.3. The Balaban J connectivity index is 1.33. The Kier molecular flexibility index (Phi) is 5.94. The third-order valence-corrected chi connectivity index (χ3v) is 9.87. The minimum atomic E-state index is 0.625. The van der Waals surface area contributed by atoms with Crippen LogP contribution in [0.5, 0.6) is 0 Å². The molecule has 2 heteroatoms. The van der Waals surface area contributed by atoms with Crippen molar-refractivity contribution in [2.75, 3.05) is 9.80 Å². The van der Waals surface area contributed by atoms with Crippen molar-refractivity contribution in [2.24, 2.45) is 0 Å². The van der Waals surface area contributed by atoms with Crippen LogP contribution in [0.1, 0.15) is 43.6 Å². The van der Waals surface area contributed by atoms with Crippen LogP contribution in [0, 0.1) is 0 Å². The van der Waals surface area contributed by atoms with Gasteiger partial charge in [0.25, 0.3) is 0 Å². The van der Waals surface area contributed by atoms with Gasteiger partial charge in [-0.1, -0.05) is 110 Å². The molecule has 0 unspecified atom stereocenters. The molecule has 0 atom stereocenters. The molecule has 0 aromatic heterocycles. The topological polar surface area (TPSA) is 6.48 Å². The number of fused-ring (bicyclic) bond motifs is 5. The molecule has 0 spiro atoms. The van der Waals surface area contributed by atoms with Gasteiger partial charge in [-0.05, 0) is 105 Å². The van der Waals surface area contributed by atoms with E-state index >= 15 is 0 Å². The number of benzene rings is 7. The highest BCUT2D eigenvalue weighted by molar-refractivity contribution is 6.07. The molecule has 0 N–H and O–H groups in total. The van der Waals surface area contributed by atoms with Crippen LogP contribution in [0.4, 0.5) is 34.1 Å². The van der Waals surface area contributed by atoms with Crippen molar-refractivity contribution in [1.29, 1.82) is 0 Å². The van der Waals surface area contributed by atoms with Gasteiger partial charge in [0.15, 0.2) is 0 Å². The van der Waals surface area contributed by atoms with Crippen molar-refractivity contribution in [1.82, 2.24) is 0 Å². The Labute approximate surface area is 258 Å². The fourth-order valence-electron chi connectivity index (χ4n) is 7.62. The molecule has 9 rings (SSSR count). The minimum absolute atomic E-state index is 0.625. The lowest BCUT2D eigenvalue weighted by molar-refractivity contribution is 0.443. The van der Waals surface area contributed by atoms with E-state index < -0.39 is 0 Å². The highest BCUT2D eigenvalue weighted by Gasteiger charge is 2.32. The quantitative estimate of drug-likeness (QED) is 0.210. The van der Waals surface area contributed by atoms with Gasteiger partial charge in [0.1, 0.15) is 0 Å². The van der Waals surface area contributed by atoms with Gasteiger partial charge in [-0.15, -0.1) is 0 Å². The predicted molar refractivity (Wildman–Crippen MR) is 188 cm³/mol. The van der Waals surface area contributed by atoms with Crippen LogP contribution in [-0.2, 0) is 0 Å². The average molecular weight is 567 g/mol. The summed E-state index contributed by atoms with van der Waals surface area (Å²) < 4.78 is 0. The van der Waals surface area contributed by atoms with Crippen molar-refractivity contribution in [3.05, 3.63) is 145 Å². The summed E-state index contributed by atoms with van der Waals surface area (Å²) in [5.41, 5.74) is 8.73. The lowest BCUT2D eigenvalue weighted by Crippen LogP contribution is -2.24. The fourth-order valence-corrected chi connectivity index (χ4v) is 7.62. The zero-order chi connectivity index (χ0) is 29.0. The Hall–Kier alpha value is -5.08. The maximum absolute atomic E-state index is 2.52. The molecule has 1 aliphatic carbocycles. The maximum atomic E-state index is 2.52. The molecule has 44 heavy (non-hydrogen) atoms. The Morgan fingerprint density at radius 1 is 0.364 bits per heavy atom. The van der Waals surface area contributed by atoms with E-state index in [9.17, 15) is 0 Å². The molecule has 1 fully saturated rings. The first kappa shape index (κ1) is 25.4. The summed E-state index contributed by atoms with van der Waals surface area (Å²) in [5, 5.41) is 7.54. The van der Waals surface area contributed by atoms with Crippen LogP contribution in [0.15, 0.2) is 140 Å². The Morgan fingerprint density at radius 3 is 1.36 bits per heavy atom. The molecule has 0 amide bonds. The zero-order valence-electron chi connectivity index (χ0n) is 24.8. The Morgan fingerprint density at radius 2 is 0.818 bits per heavy atom. The molecule has 1 heterocycles. The largest absolute Gasteiger partial charge is 0.306 e. The van der Waals surface area contributed by atoms with Gasteiger partial charge < -0.3 is 9.80 Å². The summed E-state index contributed by atoms with van der Waals surface area (Å²) in [7, 11) is 0. The number of hydrogen-bond acceptors (Lipinski definition) is 2. The molecule has 0 bridgehead atoms. The minimum Gasteiger partial charge on any atom is -0.306 e. The second kappa shape index (κ2) is 10.3. The first-order valence-corrected chi connectivity index (χ1v) is 16.0. The summed E-state index contributed by atoms with van der Waals surface area (Å²) in [4.78, 5) is 5.01. The molecule has 1 aliphatic heterocycles. The molecule has 7 aromatic carbocycles. The van der Waals surface area contributed by atoms with Crippen LogP contribution >= 0.6 is 0 Å². The third kappa shape index (κ3) is 4.17. The number of hydrogen-bond donors (Lipinski definition) is 0.